The maximum Gasteiger partial charge on any atom is 0.302 e. The first-order valence-electron chi connectivity index (χ1n) is 11.6. The summed E-state index contributed by atoms with van der Waals surface area (Å²) in [5, 5.41) is 15.6. The maximum atomic E-state index is 14.2. The van der Waals surface area contributed by atoms with Crippen LogP contribution in [0.1, 0.15) is 32.3 Å². The summed E-state index contributed by atoms with van der Waals surface area (Å²) in [5.74, 6) is -0.290. The minimum absolute atomic E-state index is 0.0400. The standard InChI is InChI=1S/C24H32N2O7/c1-13-19-15-8-10-26(3)11-9-23(21(19)28)16-6-5-7-17(33-18(30-4)12-31-14(2)27)20(16)25-24(23,29)22(15)32-13/h5-7,13,15,18-19,22,25,29H,8-12H2,1-4H3/t13-,15+,18+,19+,22-,23+,24+/m1/s1. The lowest BCUT2D eigenvalue weighted by Gasteiger charge is -2.49. The number of fused-ring (bicyclic) bond motifs is 2. The first kappa shape index (κ1) is 22.6. The molecule has 0 unspecified atom stereocenters. The summed E-state index contributed by atoms with van der Waals surface area (Å²) in [6, 6.07) is 5.46. The van der Waals surface area contributed by atoms with Crippen LogP contribution in [0.2, 0.25) is 0 Å². The number of Topliss-reactive ketones (excluding diaryl/α,β-unsaturated/α-hetero) is 1. The van der Waals surface area contributed by atoms with E-state index < -0.39 is 29.5 Å². The van der Waals surface area contributed by atoms with Crippen molar-refractivity contribution in [2.45, 2.75) is 56.3 Å². The quantitative estimate of drug-likeness (QED) is 0.496. The van der Waals surface area contributed by atoms with Crippen LogP contribution in [0.25, 0.3) is 0 Å². The van der Waals surface area contributed by atoms with Crippen molar-refractivity contribution in [2.24, 2.45) is 11.8 Å². The van der Waals surface area contributed by atoms with Gasteiger partial charge in [0, 0.05) is 20.0 Å². The average Bonchev–Trinajstić information content (AvgIpc) is 3.25. The minimum Gasteiger partial charge on any atom is -0.459 e. The number of methoxy groups -OCH3 is 1. The van der Waals surface area contributed by atoms with E-state index in [1.807, 2.05) is 19.1 Å². The SMILES string of the molecule is CO[C@H](COC(C)=O)Oc1cccc2c1N[C@]1(O)[C@@H]3O[C@H](C)[C@@H]4C(=O)[C@]21CCN(C)CC[C@@H]43. The molecule has 180 valence electrons. The molecule has 0 radical (unpaired) electrons. The molecule has 4 bridgehead atoms. The molecule has 1 aliphatic carbocycles. The van der Waals surface area contributed by atoms with Crippen LogP contribution < -0.4 is 10.1 Å². The molecule has 2 N–H and O–H groups in total. The van der Waals surface area contributed by atoms with Gasteiger partial charge in [0.1, 0.15) is 17.3 Å². The van der Waals surface area contributed by atoms with Crippen molar-refractivity contribution in [3.63, 3.8) is 0 Å². The van der Waals surface area contributed by atoms with Crippen molar-refractivity contribution in [2.75, 3.05) is 39.2 Å². The molecule has 4 aliphatic rings. The molecule has 3 fully saturated rings. The lowest BCUT2D eigenvalue weighted by atomic mass is 9.56. The van der Waals surface area contributed by atoms with Crippen LogP contribution in [-0.4, -0.2) is 79.8 Å². The molecular formula is C24H32N2O7. The Morgan fingerprint density at radius 3 is 2.91 bits per heavy atom. The molecule has 1 aromatic carbocycles. The van der Waals surface area contributed by atoms with E-state index in [9.17, 15) is 14.7 Å². The van der Waals surface area contributed by atoms with Gasteiger partial charge in [0.2, 0.25) is 6.29 Å². The number of carbonyl (C=O) groups is 2. The van der Waals surface area contributed by atoms with Crippen molar-refractivity contribution >= 4 is 17.4 Å². The molecule has 1 aromatic rings. The summed E-state index contributed by atoms with van der Waals surface area (Å²) < 4.78 is 22.7. The molecule has 1 spiro atoms. The Morgan fingerprint density at radius 2 is 2.18 bits per heavy atom. The van der Waals surface area contributed by atoms with Crippen molar-refractivity contribution in [3.05, 3.63) is 23.8 Å². The second-order valence-corrected chi connectivity index (χ2v) is 9.72. The van der Waals surface area contributed by atoms with Crippen molar-refractivity contribution in [1.29, 1.82) is 0 Å². The number of nitrogens with zero attached hydrogens (tertiary/aromatic N) is 1. The number of esters is 1. The third kappa shape index (κ3) is 3.13. The Balaban J connectivity index is 1.60. The van der Waals surface area contributed by atoms with E-state index in [1.54, 1.807) is 6.07 Å². The van der Waals surface area contributed by atoms with E-state index in [0.29, 0.717) is 24.4 Å². The van der Waals surface area contributed by atoms with Gasteiger partial charge in [0.15, 0.2) is 18.1 Å². The largest absolute Gasteiger partial charge is 0.459 e. The van der Waals surface area contributed by atoms with Gasteiger partial charge < -0.3 is 34.3 Å². The van der Waals surface area contributed by atoms with Crippen molar-refractivity contribution < 1.29 is 33.6 Å². The van der Waals surface area contributed by atoms with Crippen LogP contribution in [0.4, 0.5) is 5.69 Å². The summed E-state index contributed by atoms with van der Waals surface area (Å²) in [6.07, 6.45) is -0.332. The number of nitrogens with one attached hydrogen (secondary N) is 1. The number of hydrogen-bond donors (Lipinski definition) is 2. The number of hydrogen-bond acceptors (Lipinski definition) is 9. The fourth-order valence-electron chi connectivity index (χ4n) is 6.40. The Labute approximate surface area is 193 Å². The zero-order chi connectivity index (χ0) is 23.5. The van der Waals surface area contributed by atoms with Gasteiger partial charge in [-0.1, -0.05) is 12.1 Å². The van der Waals surface area contributed by atoms with E-state index in [0.717, 1.165) is 18.5 Å². The predicted octanol–water partition coefficient (Wildman–Crippen LogP) is 1.28. The molecule has 9 heteroatoms. The molecule has 5 rings (SSSR count). The normalized spacial score (nSPS) is 37.9. The summed E-state index contributed by atoms with van der Waals surface area (Å²) in [4.78, 5) is 27.7. The van der Waals surface area contributed by atoms with Gasteiger partial charge in [-0.25, -0.2) is 0 Å². The first-order chi connectivity index (χ1) is 15.7. The lowest BCUT2D eigenvalue weighted by Crippen LogP contribution is -2.69. The van der Waals surface area contributed by atoms with Crippen molar-refractivity contribution in [3.8, 4) is 5.75 Å². The van der Waals surface area contributed by atoms with Crippen LogP contribution in [0.5, 0.6) is 5.75 Å². The smallest absolute Gasteiger partial charge is 0.302 e. The summed E-state index contributed by atoms with van der Waals surface area (Å²) in [6.45, 7) is 4.70. The third-order valence-corrected chi connectivity index (χ3v) is 7.96. The molecule has 2 saturated heterocycles. The van der Waals surface area contributed by atoms with Gasteiger partial charge in [-0.05, 0) is 51.5 Å². The molecule has 3 aliphatic heterocycles. The molecule has 33 heavy (non-hydrogen) atoms. The highest BCUT2D eigenvalue weighted by atomic mass is 16.7. The summed E-state index contributed by atoms with van der Waals surface area (Å²) in [7, 11) is 3.52. The maximum absolute atomic E-state index is 14.2. The molecule has 1 saturated carbocycles. The topological polar surface area (TPSA) is 107 Å². The van der Waals surface area contributed by atoms with E-state index >= 15 is 0 Å². The van der Waals surface area contributed by atoms with Gasteiger partial charge in [-0.3, -0.25) is 9.59 Å². The Bertz CT molecular complexity index is 970. The minimum atomic E-state index is -1.58. The highest BCUT2D eigenvalue weighted by molar-refractivity contribution is 6.00. The van der Waals surface area contributed by atoms with E-state index in [2.05, 4.69) is 17.3 Å². The fraction of sp³-hybridized carbons (Fsp3) is 0.667. The van der Waals surface area contributed by atoms with Gasteiger partial charge in [0.05, 0.1) is 17.7 Å². The molecule has 0 aromatic heterocycles. The van der Waals surface area contributed by atoms with Crippen molar-refractivity contribution in [1.82, 2.24) is 4.90 Å². The highest BCUT2D eigenvalue weighted by Gasteiger charge is 2.75. The highest BCUT2D eigenvalue weighted by Crippen LogP contribution is 2.63. The summed E-state index contributed by atoms with van der Waals surface area (Å²) in [5.41, 5.74) is -1.45. The molecular weight excluding hydrogens is 428 g/mol. The van der Waals surface area contributed by atoms with E-state index in [1.165, 1.54) is 14.0 Å². The zero-order valence-corrected chi connectivity index (χ0v) is 19.5. The molecule has 7 atom stereocenters. The third-order valence-electron chi connectivity index (χ3n) is 7.96. The molecule has 9 nitrogen and oxygen atoms in total. The Hall–Kier alpha value is -2.20. The lowest BCUT2D eigenvalue weighted by molar-refractivity contribution is -0.161. The first-order valence-corrected chi connectivity index (χ1v) is 11.6. The van der Waals surface area contributed by atoms with Gasteiger partial charge in [-0.15, -0.1) is 0 Å². The van der Waals surface area contributed by atoms with Crippen LogP contribution >= 0.6 is 0 Å². The van der Waals surface area contributed by atoms with Gasteiger partial charge >= 0.3 is 5.97 Å². The molecule has 3 heterocycles. The van der Waals surface area contributed by atoms with Crippen LogP contribution in [-0.2, 0) is 29.2 Å². The molecule has 0 amide bonds. The Morgan fingerprint density at radius 1 is 1.39 bits per heavy atom. The average molecular weight is 461 g/mol. The monoisotopic (exact) mass is 460 g/mol. The van der Waals surface area contributed by atoms with Gasteiger partial charge in [-0.2, -0.15) is 0 Å². The van der Waals surface area contributed by atoms with Crippen LogP contribution in [0.3, 0.4) is 0 Å². The number of rotatable bonds is 5. The van der Waals surface area contributed by atoms with E-state index in [-0.39, 0.29) is 30.3 Å². The number of para-hydroxylation sites is 1. The van der Waals surface area contributed by atoms with Gasteiger partial charge in [0.25, 0.3) is 0 Å². The second-order valence-electron chi connectivity index (χ2n) is 9.72. The van der Waals surface area contributed by atoms with E-state index in [4.69, 9.17) is 18.9 Å². The second kappa shape index (κ2) is 7.94. The number of ether oxygens (including phenoxy) is 4. The van der Waals surface area contributed by atoms with Crippen LogP contribution in [0, 0.1) is 11.8 Å². The number of ketones is 1. The number of aliphatic hydroxyl groups is 1. The number of benzene rings is 1. The summed E-state index contributed by atoms with van der Waals surface area (Å²) >= 11 is 0. The van der Waals surface area contributed by atoms with Crippen LogP contribution in [0.15, 0.2) is 18.2 Å². The zero-order valence-electron chi connectivity index (χ0n) is 19.5. The fourth-order valence-corrected chi connectivity index (χ4v) is 6.40. The predicted molar refractivity (Wildman–Crippen MR) is 118 cm³/mol. The number of anilines is 1. The number of carbonyl (C=O) groups excluding carboxylic acids is 2. The Kier molecular flexibility index (Phi) is 5.43.